The molecule has 30 heavy (non-hydrogen) atoms. The molecular weight excluding hydrogens is 370 g/mol. The molecule has 0 radical (unpaired) electrons. The normalized spacial score (nSPS) is 16.7. The number of fused-ring (bicyclic) bond motifs is 1. The minimum Gasteiger partial charge on any atom is -0.377 e. The molecule has 0 fully saturated rings. The molecule has 1 N–H and O–H groups in total. The van der Waals surface area contributed by atoms with Crippen molar-refractivity contribution in [2.75, 3.05) is 13.2 Å². The summed E-state index contributed by atoms with van der Waals surface area (Å²) in [6.07, 6.45) is 17.5. The summed E-state index contributed by atoms with van der Waals surface area (Å²) < 4.78 is 5.40. The number of ketones is 1. The van der Waals surface area contributed by atoms with Crippen LogP contribution in [0.1, 0.15) is 37.2 Å². The van der Waals surface area contributed by atoms with E-state index in [9.17, 15) is 4.79 Å². The van der Waals surface area contributed by atoms with Gasteiger partial charge in [0.1, 0.15) is 0 Å². The molecule has 3 rings (SSSR count). The monoisotopic (exact) mass is 397 g/mol. The smallest absolute Gasteiger partial charge is 0.186 e. The molecular formula is C27H27NO2. The number of aromatic nitrogens is 1. The van der Waals surface area contributed by atoms with Gasteiger partial charge in [-0.1, -0.05) is 49.1 Å². The molecule has 0 bridgehead atoms. The Bertz CT molecular complexity index is 1090. The summed E-state index contributed by atoms with van der Waals surface area (Å²) in [5.41, 5.74) is 10.9. The SMILES string of the molecule is C=CC=CC(C(=O)C=CC1=Cc2cc(C3=CCOCC3)[nH]c2C=C=C1)=C(C)C(=C)C. The molecule has 0 atom stereocenters. The van der Waals surface area contributed by atoms with Gasteiger partial charge < -0.3 is 9.72 Å². The van der Waals surface area contributed by atoms with E-state index in [1.165, 1.54) is 5.57 Å². The predicted molar refractivity (Wildman–Crippen MR) is 126 cm³/mol. The molecule has 0 saturated carbocycles. The lowest BCUT2D eigenvalue weighted by Gasteiger charge is -2.11. The fourth-order valence-corrected chi connectivity index (χ4v) is 3.26. The Morgan fingerprint density at radius 2 is 2.10 bits per heavy atom. The lowest BCUT2D eigenvalue weighted by Crippen LogP contribution is -2.03. The number of rotatable bonds is 7. The van der Waals surface area contributed by atoms with Gasteiger partial charge in [0.25, 0.3) is 0 Å². The van der Waals surface area contributed by atoms with Crippen LogP contribution < -0.4 is 0 Å². The van der Waals surface area contributed by atoms with Gasteiger partial charge in [-0.2, -0.15) is 0 Å². The van der Waals surface area contributed by atoms with Gasteiger partial charge in [-0.15, -0.1) is 5.73 Å². The minimum atomic E-state index is -0.0709. The summed E-state index contributed by atoms with van der Waals surface area (Å²) in [6.45, 7) is 12.8. The number of carbonyl (C=O) groups is 1. The highest BCUT2D eigenvalue weighted by atomic mass is 16.5. The largest absolute Gasteiger partial charge is 0.377 e. The Hall–Kier alpha value is -3.39. The lowest BCUT2D eigenvalue weighted by atomic mass is 9.99. The molecule has 3 heteroatoms. The first-order valence-electron chi connectivity index (χ1n) is 10.0. The summed E-state index contributed by atoms with van der Waals surface area (Å²) >= 11 is 0. The van der Waals surface area contributed by atoms with Crippen molar-refractivity contribution in [3.63, 3.8) is 0 Å². The second-order valence-corrected chi connectivity index (χ2v) is 7.32. The standard InChI is InChI=1S/C27H27NO2/c1-5-6-9-24(20(4)19(2)3)27(29)12-11-21-8-7-10-25-23(17-21)18-26(28-25)22-13-15-30-16-14-22/h5-6,8-13,17-18,28H,1-2,14-16H2,3-4H3. The first-order valence-corrected chi connectivity index (χ1v) is 10.0. The fraction of sp³-hybridized carbons (Fsp3) is 0.185. The molecule has 3 nitrogen and oxygen atoms in total. The Morgan fingerprint density at radius 3 is 2.80 bits per heavy atom. The van der Waals surface area contributed by atoms with Gasteiger partial charge in [-0.3, -0.25) is 4.79 Å². The molecule has 0 saturated heterocycles. The Morgan fingerprint density at radius 1 is 1.27 bits per heavy atom. The summed E-state index contributed by atoms with van der Waals surface area (Å²) in [4.78, 5) is 16.3. The third-order valence-electron chi connectivity index (χ3n) is 5.13. The molecule has 0 unspecified atom stereocenters. The average molecular weight is 398 g/mol. The Balaban J connectivity index is 1.87. The molecule has 0 spiro atoms. The van der Waals surface area contributed by atoms with E-state index in [2.05, 4.69) is 42.1 Å². The van der Waals surface area contributed by atoms with Crippen LogP contribution in [0, 0.1) is 0 Å². The second-order valence-electron chi connectivity index (χ2n) is 7.32. The summed E-state index contributed by atoms with van der Waals surface area (Å²) in [5.74, 6) is -0.0709. The van der Waals surface area contributed by atoms with E-state index < -0.39 is 0 Å². The summed E-state index contributed by atoms with van der Waals surface area (Å²) in [7, 11) is 0. The van der Waals surface area contributed by atoms with Crippen molar-refractivity contribution >= 4 is 23.5 Å². The minimum absolute atomic E-state index is 0.0709. The van der Waals surface area contributed by atoms with E-state index in [4.69, 9.17) is 4.74 Å². The molecule has 0 aromatic carbocycles. The van der Waals surface area contributed by atoms with Crippen molar-refractivity contribution < 1.29 is 9.53 Å². The van der Waals surface area contributed by atoms with Gasteiger partial charge >= 0.3 is 0 Å². The number of allylic oxidation sites excluding steroid dienone is 10. The highest BCUT2D eigenvalue weighted by Gasteiger charge is 2.12. The lowest BCUT2D eigenvalue weighted by molar-refractivity contribution is -0.111. The third kappa shape index (κ3) is 5.15. The van der Waals surface area contributed by atoms with Gasteiger partial charge in [-0.25, -0.2) is 0 Å². The van der Waals surface area contributed by atoms with Gasteiger partial charge in [0.2, 0.25) is 0 Å². The zero-order chi connectivity index (χ0) is 21.5. The van der Waals surface area contributed by atoms with Gasteiger partial charge in [-0.05, 0) is 61.3 Å². The zero-order valence-electron chi connectivity index (χ0n) is 17.6. The van der Waals surface area contributed by atoms with E-state index in [1.807, 2.05) is 32.1 Å². The van der Waals surface area contributed by atoms with Crippen LogP contribution in [0.4, 0.5) is 0 Å². The number of carbonyl (C=O) groups excluding carboxylic acids is 1. The number of H-pyrrole nitrogens is 1. The highest BCUT2D eigenvalue weighted by Crippen LogP contribution is 2.26. The van der Waals surface area contributed by atoms with E-state index in [0.29, 0.717) is 12.2 Å². The number of aromatic amines is 1. The van der Waals surface area contributed by atoms with Crippen LogP contribution in [0.25, 0.3) is 17.7 Å². The average Bonchev–Trinajstić information content (AvgIpc) is 3.05. The number of hydrogen-bond acceptors (Lipinski definition) is 2. The summed E-state index contributed by atoms with van der Waals surface area (Å²) in [6, 6.07) is 2.14. The third-order valence-corrected chi connectivity index (χ3v) is 5.13. The Labute approximate surface area is 178 Å². The van der Waals surface area contributed by atoms with Crippen LogP contribution in [0.15, 0.2) is 89.8 Å². The molecule has 1 aromatic rings. The van der Waals surface area contributed by atoms with Crippen LogP contribution in [-0.4, -0.2) is 24.0 Å². The Kier molecular flexibility index (Phi) is 7.03. The van der Waals surface area contributed by atoms with Crippen molar-refractivity contribution in [1.29, 1.82) is 0 Å². The number of ether oxygens (including phenoxy) is 1. The van der Waals surface area contributed by atoms with E-state index >= 15 is 0 Å². The molecule has 2 heterocycles. The zero-order valence-corrected chi connectivity index (χ0v) is 17.6. The molecule has 1 aromatic heterocycles. The molecule has 0 amide bonds. The number of hydrogen-bond donors (Lipinski definition) is 1. The quantitative estimate of drug-likeness (QED) is 0.341. The van der Waals surface area contributed by atoms with Crippen molar-refractivity contribution in [3.8, 4) is 0 Å². The summed E-state index contributed by atoms with van der Waals surface area (Å²) in [5, 5.41) is 0. The number of nitrogens with one attached hydrogen (secondary N) is 1. The molecule has 1 aliphatic carbocycles. The van der Waals surface area contributed by atoms with Crippen molar-refractivity contribution in [3.05, 3.63) is 107 Å². The van der Waals surface area contributed by atoms with E-state index in [-0.39, 0.29) is 5.78 Å². The molecule has 152 valence electrons. The highest BCUT2D eigenvalue weighted by molar-refractivity contribution is 6.07. The van der Waals surface area contributed by atoms with Gasteiger partial charge in [0.05, 0.1) is 18.9 Å². The van der Waals surface area contributed by atoms with Crippen LogP contribution in [0.2, 0.25) is 0 Å². The maximum absolute atomic E-state index is 12.8. The second kappa shape index (κ2) is 9.89. The van der Waals surface area contributed by atoms with Crippen LogP contribution in [-0.2, 0) is 9.53 Å². The van der Waals surface area contributed by atoms with Crippen LogP contribution in [0.3, 0.4) is 0 Å². The van der Waals surface area contributed by atoms with Crippen molar-refractivity contribution in [2.45, 2.75) is 20.3 Å². The van der Waals surface area contributed by atoms with Gasteiger partial charge in [0.15, 0.2) is 5.78 Å². The van der Waals surface area contributed by atoms with Crippen LogP contribution in [0.5, 0.6) is 0 Å². The first-order chi connectivity index (χ1) is 14.5. The fourth-order valence-electron chi connectivity index (χ4n) is 3.26. The topological polar surface area (TPSA) is 42.1 Å². The van der Waals surface area contributed by atoms with E-state index in [1.54, 1.807) is 24.3 Å². The van der Waals surface area contributed by atoms with Gasteiger partial charge in [0, 0.05) is 22.9 Å². The van der Waals surface area contributed by atoms with Crippen molar-refractivity contribution in [1.82, 2.24) is 4.98 Å². The first kappa shape index (κ1) is 21.3. The van der Waals surface area contributed by atoms with Crippen LogP contribution >= 0.6 is 0 Å². The maximum atomic E-state index is 12.8. The maximum Gasteiger partial charge on any atom is 0.186 e. The molecule has 2 aliphatic rings. The van der Waals surface area contributed by atoms with Crippen molar-refractivity contribution in [2.24, 2.45) is 0 Å². The predicted octanol–water partition coefficient (Wildman–Crippen LogP) is 6.14. The van der Waals surface area contributed by atoms with E-state index in [0.717, 1.165) is 46.7 Å². The molecule has 1 aliphatic heterocycles.